The van der Waals surface area contributed by atoms with Crippen LogP contribution in [0.15, 0.2) is 38.3 Å². The van der Waals surface area contributed by atoms with Gasteiger partial charge in [0, 0.05) is 9.89 Å². The number of hydrogen-bond acceptors (Lipinski definition) is 5. The van der Waals surface area contributed by atoms with Gasteiger partial charge in [-0.1, -0.05) is 48.8 Å². The summed E-state index contributed by atoms with van der Waals surface area (Å²) < 4.78 is 6.54. The highest BCUT2D eigenvalue weighted by atomic mass is 79.9. The van der Waals surface area contributed by atoms with Crippen LogP contribution in [-0.4, -0.2) is 11.2 Å². The number of benzene rings is 1. The van der Waals surface area contributed by atoms with Crippen LogP contribution in [0.4, 0.5) is 5.88 Å². The molecule has 1 N–H and O–H groups in total. The van der Waals surface area contributed by atoms with Gasteiger partial charge < -0.3 is 4.42 Å². The molecule has 21 heavy (non-hydrogen) atoms. The Balaban J connectivity index is 2.17. The molecule has 0 aliphatic rings. The van der Waals surface area contributed by atoms with E-state index >= 15 is 0 Å². The first kappa shape index (κ1) is 15.3. The van der Waals surface area contributed by atoms with Crippen LogP contribution >= 0.6 is 15.9 Å². The number of nitrogens with zero attached hydrogens (tertiary/aromatic N) is 3. The molecule has 108 valence electrons. The molecule has 0 saturated heterocycles. The van der Waals surface area contributed by atoms with E-state index in [2.05, 4.69) is 31.4 Å². The van der Waals surface area contributed by atoms with Crippen molar-refractivity contribution in [3.8, 4) is 6.07 Å². The maximum Gasteiger partial charge on any atom is 0.252 e. The number of anilines is 1. The summed E-state index contributed by atoms with van der Waals surface area (Å²) in [4.78, 5) is 4.17. The highest BCUT2D eigenvalue weighted by Gasteiger charge is 2.23. The summed E-state index contributed by atoms with van der Waals surface area (Å²) in [5, 5.41) is 13.2. The van der Waals surface area contributed by atoms with Gasteiger partial charge in [-0.2, -0.15) is 15.3 Å². The average molecular weight is 347 g/mol. The second kappa shape index (κ2) is 6.10. The van der Waals surface area contributed by atoms with Gasteiger partial charge in [-0.25, -0.2) is 5.43 Å². The number of aromatic nitrogens is 1. The lowest BCUT2D eigenvalue weighted by molar-refractivity contribution is 0.399. The maximum absolute atomic E-state index is 9.08. The van der Waals surface area contributed by atoms with Crippen molar-refractivity contribution in [2.45, 2.75) is 26.2 Å². The van der Waals surface area contributed by atoms with Gasteiger partial charge >= 0.3 is 0 Å². The average Bonchev–Trinajstić information content (AvgIpc) is 2.82. The molecule has 2 aromatic rings. The van der Waals surface area contributed by atoms with E-state index in [0.29, 0.717) is 5.89 Å². The summed E-state index contributed by atoms with van der Waals surface area (Å²) in [5.41, 5.74) is 3.59. The van der Waals surface area contributed by atoms with Crippen molar-refractivity contribution >= 4 is 28.0 Å². The van der Waals surface area contributed by atoms with E-state index in [4.69, 9.17) is 9.68 Å². The van der Waals surface area contributed by atoms with E-state index in [9.17, 15) is 0 Å². The van der Waals surface area contributed by atoms with Gasteiger partial charge in [-0.05, 0) is 17.7 Å². The van der Waals surface area contributed by atoms with E-state index in [1.807, 2.05) is 51.1 Å². The van der Waals surface area contributed by atoms with Crippen molar-refractivity contribution in [3.05, 3.63) is 45.9 Å². The standard InChI is InChI=1S/C15H15BrN4O/c1-15(2,3)14-19-12(8-17)13(21-14)20-18-9-10-5-4-6-11(16)7-10/h4-7,9,20H,1-3H3. The van der Waals surface area contributed by atoms with Crippen LogP contribution in [-0.2, 0) is 5.41 Å². The monoisotopic (exact) mass is 346 g/mol. The van der Waals surface area contributed by atoms with E-state index < -0.39 is 0 Å². The Morgan fingerprint density at radius 1 is 1.43 bits per heavy atom. The maximum atomic E-state index is 9.08. The molecule has 0 atom stereocenters. The summed E-state index contributed by atoms with van der Waals surface area (Å²) in [6, 6.07) is 9.69. The number of nitriles is 1. The van der Waals surface area contributed by atoms with Crippen LogP contribution in [0.1, 0.15) is 37.9 Å². The fraction of sp³-hybridized carbons (Fsp3) is 0.267. The summed E-state index contributed by atoms with van der Waals surface area (Å²) in [7, 11) is 0. The highest BCUT2D eigenvalue weighted by Crippen LogP contribution is 2.26. The van der Waals surface area contributed by atoms with Gasteiger partial charge in [0.1, 0.15) is 6.07 Å². The Kier molecular flexibility index (Phi) is 4.43. The van der Waals surface area contributed by atoms with E-state index in [-0.39, 0.29) is 17.0 Å². The first-order chi connectivity index (χ1) is 9.90. The Morgan fingerprint density at radius 2 is 2.19 bits per heavy atom. The Hall–Kier alpha value is -2.13. The van der Waals surface area contributed by atoms with Gasteiger partial charge in [-0.3, -0.25) is 0 Å². The summed E-state index contributed by atoms with van der Waals surface area (Å²) in [6.45, 7) is 5.90. The minimum absolute atomic E-state index is 0.200. The van der Waals surface area contributed by atoms with Crippen LogP contribution < -0.4 is 5.43 Å². The molecular formula is C15H15BrN4O. The number of rotatable bonds is 3. The predicted molar refractivity (Wildman–Crippen MR) is 85.3 cm³/mol. The fourth-order valence-electron chi connectivity index (χ4n) is 1.54. The van der Waals surface area contributed by atoms with Crippen LogP contribution in [0.25, 0.3) is 0 Å². The molecule has 1 aromatic carbocycles. The topological polar surface area (TPSA) is 74.2 Å². The molecule has 0 spiro atoms. The summed E-state index contributed by atoms with van der Waals surface area (Å²) >= 11 is 3.39. The number of nitrogens with one attached hydrogen (secondary N) is 1. The minimum atomic E-state index is -0.264. The molecule has 0 amide bonds. The van der Waals surface area contributed by atoms with Crippen molar-refractivity contribution in [1.82, 2.24) is 4.98 Å². The van der Waals surface area contributed by atoms with Crippen LogP contribution in [0.5, 0.6) is 0 Å². The molecule has 6 heteroatoms. The van der Waals surface area contributed by atoms with Gasteiger partial charge in [0.15, 0.2) is 0 Å². The second-order valence-electron chi connectivity index (χ2n) is 5.48. The molecule has 0 saturated carbocycles. The SMILES string of the molecule is CC(C)(C)c1nc(C#N)c(NN=Cc2cccc(Br)c2)o1. The molecule has 1 aromatic heterocycles. The van der Waals surface area contributed by atoms with Gasteiger partial charge in [0.25, 0.3) is 5.88 Å². The lowest BCUT2D eigenvalue weighted by atomic mass is 9.97. The minimum Gasteiger partial charge on any atom is -0.421 e. The third-order valence-corrected chi connectivity index (χ3v) is 3.10. The second-order valence-corrected chi connectivity index (χ2v) is 6.40. The lowest BCUT2D eigenvalue weighted by Gasteiger charge is -2.11. The van der Waals surface area contributed by atoms with Crippen LogP contribution in [0.3, 0.4) is 0 Å². The molecule has 5 nitrogen and oxygen atoms in total. The molecule has 0 aliphatic carbocycles. The zero-order valence-electron chi connectivity index (χ0n) is 12.0. The normalized spacial score (nSPS) is 11.6. The van der Waals surface area contributed by atoms with E-state index in [1.54, 1.807) is 6.21 Å². The molecule has 0 fully saturated rings. The van der Waals surface area contributed by atoms with Gasteiger partial charge in [0.05, 0.1) is 6.21 Å². The van der Waals surface area contributed by atoms with Crippen molar-refractivity contribution < 1.29 is 4.42 Å². The van der Waals surface area contributed by atoms with E-state index in [1.165, 1.54) is 0 Å². The van der Waals surface area contributed by atoms with E-state index in [0.717, 1.165) is 10.0 Å². The third kappa shape index (κ3) is 3.92. The number of hydrazone groups is 1. The first-order valence-corrected chi connectivity index (χ1v) is 7.15. The zero-order chi connectivity index (χ0) is 15.5. The molecule has 2 rings (SSSR count). The largest absolute Gasteiger partial charge is 0.421 e. The molecule has 0 radical (unpaired) electrons. The Labute approximate surface area is 131 Å². The Bertz CT molecular complexity index is 707. The number of halogens is 1. The Morgan fingerprint density at radius 3 is 2.81 bits per heavy atom. The van der Waals surface area contributed by atoms with Gasteiger partial charge in [0.2, 0.25) is 11.6 Å². The molecular weight excluding hydrogens is 332 g/mol. The molecule has 0 unspecified atom stereocenters. The van der Waals surface area contributed by atoms with Crippen molar-refractivity contribution in [3.63, 3.8) is 0 Å². The lowest BCUT2D eigenvalue weighted by Crippen LogP contribution is -2.11. The number of oxazole rings is 1. The highest BCUT2D eigenvalue weighted by molar-refractivity contribution is 9.10. The number of hydrogen-bond donors (Lipinski definition) is 1. The summed E-state index contributed by atoms with van der Waals surface area (Å²) in [5.74, 6) is 0.757. The zero-order valence-corrected chi connectivity index (χ0v) is 13.6. The predicted octanol–water partition coefficient (Wildman–Crippen LogP) is 4.05. The van der Waals surface area contributed by atoms with Crippen LogP contribution in [0, 0.1) is 11.3 Å². The van der Waals surface area contributed by atoms with Crippen molar-refractivity contribution in [2.75, 3.05) is 5.43 Å². The van der Waals surface area contributed by atoms with Crippen molar-refractivity contribution in [2.24, 2.45) is 5.10 Å². The first-order valence-electron chi connectivity index (χ1n) is 6.36. The molecule has 0 bridgehead atoms. The van der Waals surface area contributed by atoms with Crippen molar-refractivity contribution in [1.29, 1.82) is 5.26 Å². The third-order valence-electron chi connectivity index (χ3n) is 2.60. The summed E-state index contributed by atoms with van der Waals surface area (Å²) in [6.07, 6.45) is 1.64. The van der Waals surface area contributed by atoms with Crippen LogP contribution in [0.2, 0.25) is 0 Å². The van der Waals surface area contributed by atoms with Gasteiger partial charge in [-0.15, -0.1) is 0 Å². The molecule has 0 aliphatic heterocycles. The molecule has 1 heterocycles. The smallest absolute Gasteiger partial charge is 0.252 e. The fourth-order valence-corrected chi connectivity index (χ4v) is 1.96. The quantitative estimate of drug-likeness (QED) is 0.671.